The first-order valence-electron chi connectivity index (χ1n) is 5.19. The van der Waals surface area contributed by atoms with E-state index in [1.165, 1.54) is 6.07 Å². The van der Waals surface area contributed by atoms with E-state index in [0.717, 1.165) is 14.6 Å². The van der Waals surface area contributed by atoms with E-state index in [-0.39, 0.29) is 5.82 Å². The van der Waals surface area contributed by atoms with Crippen molar-refractivity contribution in [1.29, 1.82) is 0 Å². The van der Waals surface area contributed by atoms with E-state index < -0.39 is 0 Å². The van der Waals surface area contributed by atoms with Crippen molar-refractivity contribution in [1.82, 2.24) is 0 Å². The summed E-state index contributed by atoms with van der Waals surface area (Å²) < 4.78 is 15.5. The molecule has 1 N–H and O–H groups in total. The molecule has 0 saturated heterocycles. The van der Waals surface area contributed by atoms with Crippen molar-refractivity contribution < 1.29 is 4.39 Å². The second kappa shape index (κ2) is 6.04. The number of benzene rings is 2. The Balaban J connectivity index is 2.13. The molecule has 0 aliphatic rings. The van der Waals surface area contributed by atoms with Gasteiger partial charge in [0.25, 0.3) is 0 Å². The quantitative estimate of drug-likeness (QED) is 0.714. The van der Waals surface area contributed by atoms with Gasteiger partial charge in [-0.2, -0.15) is 0 Å². The molecule has 5 heteroatoms. The van der Waals surface area contributed by atoms with Gasteiger partial charge in [-0.15, -0.1) is 0 Å². The van der Waals surface area contributed by atoms with Crippen molar-refractivity contribution in [2.75, 3.05) is 5.32 Å². The summed E-state index contributed by atoms with van der Waals surface area (Å²) in [5, 5.41) is 3.57. The normalized spacial score (nSPS) is 10.4. The lowest BCUT2D eigenvalue weighted by Crippen LogP contribution is -2.02. The Bertz CT molecular complexity index is 575. The van der Waals surface area contributed by atoms with Gasteiger partial charge < -0.3 is 5.32 Å². The fourth-order valence-corrected chi connectivity index (χ4v) is 2.40. The van der Waals surface area contributed by atoms with Gasteiger partial charge in [-0.3, -0.25) is 0 Å². The first-order valence-corrected chi connectivity index (χ1v) is 7.15. The lowest BCUT2D eigenvalue weighted by atomic mass is 10.2. The third kappa shape index (κ3) is 3.46. The maximum Gasteiger partial charge on any atom is 0.129 e. The van der Waals surface area contributed by atoms with Crippen LogP contribution in [0.15, 0.2) is 45.3 Å². The molecule has 0 fully saturated rings. The predicted molar refractivity (Wildman–Crippen MR) is 80.6 cm³/mol. The molecule has 2 aromatic carbocycles. The van der Waals surface area contributed by atoms with Crippen molar-refractivity contribution in [3.05, 3.63) is 61.7 Å². The zero-order valence-corrected chi connectivity index (χ0v) is 13.1. The highest BCUT2D eigenvalue weighted by Crippen LogP contribution is 2.27. The molecule has 0 atom stereocenters. The second-order valence-electron chi connectivity index (χ2n) is 3.71. The average Bonchev–Trinajstić information content (AvgIpc) is 2.32. The van der Waals surface area contributed by atoms with E-state index in [1.54, 1.807) is 12.1 Å². The van der Waals surface area contributed by atoms with Gasteiger partial charge in [0.1, 0.15) is 5.82 Å². The molecular formula is C13H9Br2ClFN. The van der Waals surface area contributed by atoms with Crippen LogP contribution in [-0.4, -0.2) is 0 Å². The van der Waals surface area contributed by atoms with Crippen LogP contribution < -0.4 is 5.32 Å². The minimum atomic E-state index is -0.305. The molecule has 0 spiro atoms. The molecule has 0 aliphatic heterocycles. The predicted octanol–water partition coefficient (Wildman–Crippen LogP) is 5.62. The van der Waals surface area contributed by atoms with Crippen LogP contribution in [0.4, 0.5) is 10.1 Å². The molecule has 0 heterocycles. The number of halogens is 4. The fourth-order valence-electron chi connectivity index (χ4n) is 1.49. The molecule has 2 rings (SSSR count). The van der Waals surface area contributed by atoms with Crippen LogP contribution >= 0.6 is 43.5 Å². The van der Waals surface area contributed by atoms with Crippen molar-refractivity contribution in [3.8, 4) is 0 Å². The number of anilines is 1. The van der Waals surface area contributed by atoms with Gasteiger partial charge in [-0.05, 0) is 46.3 Å². The number of hydrogen-bond acceptors (Lipinski definition) is 1. The largest absolute Gasteiger partial charge is 0.380 e. The summed E-state index contributed by atoms with van der Waals surface area (Å²) in [5.74, 6) is -0.305. The van der Waals surface area contributed by atoms with Crippen LogP contribution in [0.5, 0.6) is 0 Å². The third-order valence-corrected chi connectivity index (χ3v) is 3.83. The highest BCUT2D eigenvalue weighted by molar-refractivity contribution is 9.11. The van der Waals surface area contributed by atoms with Gasteiger partial charge >= 0.3 is 0 Å². The Labute approximate surface area is 127 Å². The summed E-state index contributed by atoms with van der Waals surface area (Å²) >= 11 is 12.5. The maximum atomic E-state index is 13.6. The minimum Gasteiger partial charge on any atom is -0.380 e. The molecule has 2 aromatic rings. The summed E-state index contributed by atoms with van der Waals surface area (Å²) in [6, 6.07) is 10.4. The monoisotopic (exact) mass is 391 g/mol. The molecule has 0 saturated carbocycles. The van der Waals surface area contributed by atoms with Gasteiger partial charge in [-0.1, -0.05) is 33.6 Å². The molecule has 0 amide bonds. The van der Waals surface area contributed by atoms with E-state index in [2.05, 4.69) is 37.2 Å². The van der Waals surface area contributed by atoms with E-state index in [9.17, 15) is 4.39 Å². The van der Waals surface area contributed by atoms with Crippen LogP contribution in [0.3, 0.4) is 0 Å². The first-order chi connectivity index (χ1) is 8.56. The number of rotatable bonds is 3. The summed E-state index contributed by atoms with van der Waals surface area (Å²) in [6.45, 7) is 0.401. The van der Waals surface area contributed by atoms with E-state index in [4.69, 9.17) is 11.6 Å². The van der Waals surface area contributed by atoms with Gasteiger partial charge in [0.2, 0.25) is 0 Å². The van der Waals surface area contributed by atoms with Crippen LogP contribution in [0.2, 0.25) is 5.02 Å². The topological polar surface area (TPSA) is 12.0 Å². The zero-order chi connectivity index (χ0) is 13.1. The highest BCUT2D eigenvalue weighted by atomic mass is 79.9. The Morgan fingerprint density at radius 1 is 1.11 bits per heavy atom. The van der Waals surface area contributed by atoms with Crippen molar-refractivity contribution in [2.45, 2.75) is 6.54 Å². The van der Waals surface area contributed by atoms with Crippen LogP contribution in [-0.2, 0) is 6.54 Å². The van der Waals surface area contributed by atoms with Crippen LogP contribution in [0, 0.1) is 5.82 Å². The SMILES string of the molecule is Fc1cc(Cl)ccc1CNc1cc(Br)ccc1Br. The van der Waals surface area contributed by atoms with Gasteiger partial charge in [0, 0.05) is 31.8 Å². The second-order valence-corrected chi connectivity index (χ2v) is 5.92. The molecule has 0 radical (unpaired) electrons. The number of hydrogen-bond donors (Lipinski definition) is 1. The third-order valence-electron chi connectivity index (χ3n) is 2.41. The molecule has 0 aromatic heterocycles. The van der Waals surface area contributed by atoms with Crippen molar-refractivity contribution in [2.24, 2.45) is 0 Å². The standard InChI is InChI=1S/C13H9Br2ClFN/c14-9-2-4-11(15)13(5-9)18-7-8-1-3-10(16)6-12(8)17/h1-6,18H,7H2. The van der Waals surface area contributed by atoms with E-state index >= 15 is 0 Å². The molecule has 18 heavy (non-hydrogen) atoms. The lowest BCUT2D eigenvalue weighted by molar-refractivity contribution is 0.613. The fraction of sp³-hybridized carbons (Fsp3) is 0.0769. The lowest BCUT2D eigenvalue weighted by Gasteiger charge is -2.10. The summed E-state index contributed by atoms with van der Waals surface area (Å²) in [7, 11) is 0. The van der Waals surface area contributed by atoms with Gasteiger partial charge in [-0.25, -0.2) is 4.39 Å². The van der Waals surface area contributed by atoms with Crippen LogP contribution in [0.1, 0.15) is 5.56 Å². The molecule has 0 unspecified atom stereocenters. The first kappa shape index (κ1) is 13.8. The summed E-state index contributed by atoms with van der Waals surface area (Å²) in [6.07, 6.45) is 0. The minimum absolute atomic E-state index is 0.305. The highest BCUT2D eigenvalue weighted by Gasteiger charge is 2.05. The molecule has 0 bridgehead atoms. The summed E-state index contributed by atoms with van der Waals surface area (Å²) in [4.78, 5) is 0. The smallest absolute Gasteiger partial charge is 0.129 e. The Hall–Kier alpha value is -0.580. The maximum absolute atomic E-state index is 13.6. The van der Waals surface area contributed by atoms with Crippen molar-refractivity contribution in [3.63, 3.8) is 0 Å². The molecule has 1 nitrogen and oxygen atoms in total. The zero-order valence-electron chi connectivity index (χ0n) is 9.18. The van der Waals surface area contributed by atoms with Crippen molar-refractivity contribution >= 4 is 49.1 Å². The van der Waals surface area contributed by atoms with Crippen LogP contribution in [0.25, 0.3) is 0 Å². The van der Waals surface area contributed by atoms with E-state index in [1.807, 2.05) is 18.2 Å². The Morgan fingerprint density at radius 2 is 1.89 bits per heavy atom. The molecule has 0 aliphatic carbocycles. The molecular weight excluding hydrogens is 384 g/mol. The van der Waals surface area contributed by atoms with E-state index in [0.29, 0.717) is 17.1 Å². The Morgan fingerprint density at radius 3 is 2.61 bits per heavy atom. The molecule has 94 valence electrons. The summed E-state index contributed by atoms with van der Waals surface area (Å²) in [5.41, 5.74) is 1.48. The van der Waals surface area contributed by atoms with Gasteiger partial charge in [0.15, 0.2) is 0 Å². The number of nitrogens with one attached hydrogen (secondary N) is 1. The van der Waals surface area contributed by atoms with Gasteiger partial charge in [0.05, 0.1) is 0 Å². The Kier molecular flexibility index (Phi) is 4.65. The average molecular weight is 393 g/mol.